The van der Waals surface area contributed by atoms with Gasteiger partial charge in [0.15, 0.2) is 0 Å². The van der Waals surface area contributed by atoms with Crippen molar-refractivity contribution in [2.75, 3.05) is 24.5 Å². The van der Waals surface area contributed by atoms with E-state index in [-0.39, 0.29) is 16.7 Å². The van der Waals surface area contributed by atoms with Crippen molar-refractivity contribution in [1.82, 2.24) is 5.01 Å². The van der Waals surface area contributed by atoms with Gasteiger partial charge in [-0.2, -0.15) is 0 Å². The highest BCUT2D eigenvalue weighted by Crippen LogP contribution is 2.39. The summed E-state index contributed by atoms with van der Waals surface area (Å²) in [5.74, 6) is 6.00. The van der Waals surface area contributed by atoms with Gasteiger partial charge in [0.25, 0.3) is 0 Å². The van der Waals surface area contributed by atoms with E-state index in [4.69, 9.17) is 5.84 Å². The summed E-state index contributed by atoms with van der Waals surface area (Å²) in [6.07, 6.45) is 5.72. The number of nitrogens with zero attached hydrogens (tertiary/aromatic N) is 2. The van der Waals surface area contributed by atoms with Crippen LogP contribution in [-0.4, -0.2) is 41.6 Å². The van der Waals surface area contributed by atoms with E-state index in [0.717, 1.165) is 62.1 Å². The molecule has 1 saturated heterocycles. The first-order chi connectivity index (χ1) is 15.4. The third-order valence-corrected chi connectivity index (χ3v) is 8.14. The Kier molecular flexibility index (Phi) is 7.28. The molecule has 0 unspecified atom stereocenters. The number of piperidine rings is 1. The summed E-state index contributed by atoms with van der Waals surface area (Å²) in [6.45, 7) is 4.41. The summed E-state index contributed by atoms with van der Waals surface area (Å²) >= 11 is 1.25. The molecule has 1 amide bonds. The zero-order valence-electron chi connectivity index (χ0n) is 18.7. The number of carbonyl (C=O) groups excluding carboxylic acids is 1. The number of hydrogen-bond donors (Lipinski definition) is 2. The molecule has 1 saturated carbocycles. The van der Waals surface area contributed by atoms with Crippen LogP contribution in [0.2, 0.25) is 0 Å². The van der Waals surface area contributed by atoms with Crippen LogP contribution >= 0.6 is 11.3 Å². The first kappa shape index (κ1) is 23.0. The smallest absolute Gasteiger partial charge is 0.348 e. The monoisotopic (exact) mass is 455 g/mol. The van der Waals surface area contributed by atoms with Crippen molar-refractivity contribution in [3.8, 4) is 10.4 Å². The summed E-state index contributed by atoms with van der Waals surface area (Å²) in [7, 11) is 0. The van der Waals surface area contributed by atoms with E-state index in [0.29, 0.717) is 24.1 Å². The maximum Gasteiger partial charge on any atom is 0.348 e. The third-order valence-electron chi connectivity index (χ3n) is 6.98. The predicted octanol–water partition coefficient (Wildman–Crippen LogP) is 4.86. The summed E-state index contributed by atoms with van der Waals surface area (Å²) < 4.78 is 0. The number of aromatic carboxylic acids is 1. The molecule has 0 atom stereocenters. The summed E-state index contributed by atoms with van der Waals surface area (Å²) in [5, 5.41) is 11.8. The van der Waals surface area contributed by atoms with Gasteiger partial charge in [-0.1, -0.05) is 37.3 Å². The van der Waals surface area contributed by atoms with Crippen molar-refractivity contribution < 1.29 is 14.7 Å². The van der Waals surface area contributed by atoms with E-state index < -0.39 is 5.97 Å². The Bertz CT molecular complexity index is 929. The molecule has 2 aromatic rings. The molecule has 172 valence electrons. The lowest BCUT2D eigenvalue weighted by Crippen LogP contribution is -2.45. The van der Waals surface area contributed by atoms with Crippen molar-refractivity contribution in [2.24, 2.45) is 23.6 Å². The molecule has 2 fully saturated rings. The summed E-state index contributed by atoms with van der Waals surface area (Å²) in [4.78, 5) is 28.9. The minimum atomic E-state index is -0.973. The number of amides is 1. The largest absolute Gasteiger partial charge is 0.477 e. The van der Waals surface area contributed by atoms with Gasteiger partial charge in [-0.3, -0.25) is 10.6 Å². The van der Waals surface area contributed by atoms with Gasteiger partial charge < -0.3 is 10.0 Å². The van der Waals surface area contributed by atoms with Gasteiger partial charge in [0.05, 0.1) is 5.69 Å². The number of hydrogen-bond acceptors (Lipinski definition) is 5. The molecule has 32 heavy (non-hydrogen) atoms. The van der Waals surface area contributed by atoms with E-state index in [9.17, 15) is 14.7 Å². The molecule has 1 aromatic carbocycles. The Labute approximate surface area is 194 Å². The minimum absolute atomic E-state index is 0.0254. The van der Waals surface area contributed by atoms with Crippen molar-refractivity contribution >= 4 is 28.9 Å². The fraction of sp³-hybridized carbons (Fsp3) is 0.520. The van der Waals surface area contributed by atoms with Crippen LogP contribution in [-0.2, 0) is 4.79 Å². The van der Waals surface area contributed by atoms with Crippen LogP contribution in [0.25, 0.3) is 10.4 Å². The van der Waals surface area contributed by atoms with Gasteiger partial charge in [0.2, 0.25) is 5.91 Å². The van der Waals surface area contributed by atoms with Gasteiger partial charge >= 0.3 is 5.97 Å². The van der Waals surface area contributed by atoms with Gasteiger partial charge in [0.1, 0.15) is 4.88 Å². The highest BCUT2D eigenvalue weighted by molar-refractivity contribution is 7.18. The van der Waals surface area contributed by atoms with Crippen LogP contribution in [0.15, 0.2) is 36.4 Å². The number of rotatable bonds is 6. The summed E-state index contributed by atoms with van der Waals surface area (Å²) in [5.41, 5.74) is 1.53. The van der Waals surface area contributed by atoms with Crippen molar-refractivity contribution in [3.05, 3.63) is 41.3 Å². The molecule has 2 heterocycles. The molecular weight excluding hydrogens is 422 g/mol. The van der Waals surface area contributed by atoms with Crippen molar-refractivity contribution in [1.29, 1.82) is 0 Å². The first-order valence-corrected chi connectivity index (χ1v) is 12.5. The maximum absolute atomic E-state index is 13.8. The summed E-state index contributed by atoms with van der Waals surface area (Å²) in [6, 6.07) is 11.7. The second kappa shape index (κ2) is 10.1. The van der Waals surface area contributed by atoms with Crippen LogP contribution in [0.4, 0.5) is 5.69 Å². The lowest BCUT2D eigenvalue weighted by molar-refractivity contribution is -0.123. The third kappa shape index (κ3) is 5.22. The Morgan fingerprint density at radius 3 is 2.38 bits per heavy atom. The highest BCUT2D eigenvalue weighted by Gasteiger charge is 2.34. The molecule has 3 N–H and O–H groups in total. The molecule has 0 spiro atoms. The number of thiophene rings is 1. The van der Waals surface area contributed by atoms with Crippen LogP contribution in [0.5, 0.6) is 0 Å². The molecule has 0 bridgehead atoms. The zero-order chi connectivity index (χ0) is 22.7. The Morgan fingerprint density at radius 2 is 1.75 bits per heavy atom. The minimum Gasteiger partial charge on any atom is -0.477 e. The standard InChI is InChI=1S/C25H33N3O3S/c1-17-7-9-20(10-8-17)24(29)28(16-18-11-13-27(26)14-12-18)21-15-22(32-23(21)25(30)31)19-5-3-2-4-6-19/h2-6,15,17-18,20H,7-14,16,26H2,1H3,(H,30,31). The molecule has 4 rings (SSSR count). The van der Waals surface area contributed by atoms with Gasteiger partial charge in [-0.05, 0) is 62.0 Å². The van der Waals surface area contributed by atoms with E-state index >= 15 is 0 Å². The highest BCUT2D eigenvalue weighted by atomic mass is 32.1. The number of nitrogens with two attached hydrogens (primary N) is 1. The second-order valence-corrected chi connectivity index (χ2v) is 10.4. The fourth-order valence-electron chi connectivity index (χ4n) is 4.91. The SMILES string of the molecule is CC1CCC(C(=O)N(CC2CCN(N)CC2)c2cc(-c3ccccc3)sc2C(=O)O)CC1. The Hall–Kier alpha value is -2.22. The lowest BCUT2D eigenvalue weighted by atomic mass is 9.82. The average Bonchev–Trinajstić information content (AvgIpc) is 3.25. The first-order valence-electron chi connectivity index (χ1n) is 11.7. The molecular formula is C25H33N3O3S. The Balaban J connectivity index is 1.67. The molecule has 2 aliphatic rings. The molecule has 7 heteroatoms. The van der Waals surface area contributed by atoms with E-state index in [1.54, 1.807) is 0 Å². The van der Waals surface area contributed by atoms with Gasteiger partial charge in [-0.25, -0.2) is 9.80 Å². The van der Waals surface area contributed by atoms with Gasteiger partial charge in [-0.15, -0.1) is 11.3 Å². The van der Waals surface area contributed by atoms with Crippen LogP contribution in [0, 0.1) is 17.8 Å². The predicted molar refractivity (Wildman–Crippen MR) is 129 cm³/mol. The number of benzene rings is 1. The van der Waals surface area contributed by atoms with E-state index in [1.165, 1.54) is 11.3 Å². The lowest BCUT2D eigenvalue weighted by Gasteiger charge is -2.35. The fourth-order valence-corrected chi connectivity index (χ4v) is 5.91. The molecule has 1 aliphatic heterocycles. The van der Waals surface area contributed by atoms with E-state index in [2.05, 4.69) is 6.92 Å². The normalized spacial score (nSPS) is 22.6. The number of carboxylic acids is 1. The van der Waals surface area contributed by atoms with Crippen LogP contribution in [0.3, 0.4) is 0 Å². The quantitative estimate of drug-likeness (QED) is 0.608. The number of carbonyl (C=O) groups is 2. The molecule has 0 radical (unpaired) electrons. The molecule has 1 aliphatic carbocycles. The van der Waals surface area contributed by atoms with Crippen molar-refractivity contribution in [3.63, 3.8) is 0 Å². The molecule has 6 nitrogen and oxygen atoms in total. The van der Waals surface area contributed by atoms with Crippen LogP contribution in [0.1, 0.15) is 55.1 Å². The van der Waals surface area contributed by atoms with Gasteiger partial charge in [0, 0.05) is 30.4 Å². The molecule has 1 aromatic heterocycles. The van der Waals surface area contributed by atoms with E-state index in [1.807, 2.05) is 46.3 Å². The number of anilines is 1. The van der Waals surface area contributed by atoms with Crippen molar-refractivity contribution in [2.45, 2.75) is 45.4 Å². The zero-order valence-corrected chi connectivity index (χ0v) is 19.5. The second-order valence-electron chi connectivity index (χ2n) is 9.38. The number of carboxylic acid groups (broad SMARTS) is 1. The average molecular weight is 456 g/mol. The Morgan fingerprint density at radius 1 is 1.09 bits per heavy atom. The van der Waals surface area contributed by atoms with Crippen LogP contribution < -0.4 is 10.7 Å². The topological polar surface area (TPSA) is 86.9 Å². The number of hydrazine groups is 1. The maximum atomic E-state index is 13.8.